The Hall–Kier alpha value is -2.30. The summed E-state index contributed by atoms with van der Waals surface area (Å²) in [4.78, 5) is 4.85. The molecule has 3 aromatic carbocycles. The van der Waals surface area contributed by atoms with Gasteiger partial charge in [0.1, 0.15) is 0 Å². The molecule has 27 heavy (non-hydrogen) atoms. The lowest BCUT2D eigenvalue weighted by atomic mass is 9.93. The van der Waals surface area contributed by atoms with E-state index < -0.39 is 0 Å². The van der Waals surface area contributed by atoms with E-state index in [-0.39, 0.29) is 12.1 Å². The molecule has 2 atom stereocenters. The van der Waals surface area contributed by atoms with Crippen LogP contribution in [0.3, 0.4) is 0 Å². The Labute approximate surface area is 171 Å². The molecular formula is C22H17BrClN3. The summed E-state index contributed by atoms with van der Waals surface area (Å²) in [6, 6.07) is 25.3. The number of aromatic nitrogens is 2. The molecule has 0 saturated carbocycles. The molecule has 1 aromatic heterocycles. The number of nitrogens with zero attached hydrogens (tertiary/aromatic N) is 2. The predicted octanol–water partition coefficient (Wildman–Crippen LogP) is 6.60. The summed E-state index contributed by atoms with van der Waals surface area (Å²) in [5.74, 6) is 0.903. The fraction of sp³-hybridized carbons (Fsp3) is 0.136. The van der Waals surface area contributed by atoms with E-state index in [0.717, 1.165) is 32.9 Å². The minimum absolute atomic E-state index is 0.168. The van der Waals surface area contributed by atoms with E-state index in [2.05, 4.69) is 80.4 Å². The highest BCUT2D eigenvalue weighted by atomic mass is 79.9. The second-order valence-corrected chi connectivity index (χ2v) is 8.20. The van der Waals surface area contributed by atoms with Crippen molar-refractivity contribution in [2.24, 2.45) is 0 Å². The monoisotopic (exact) mass is 437 g/mol. The summed E-state index contributed by atoms with van der Waals surface area (Å²) in [6.07, 6.45) is 0.926. The average molecular weight is 439 g/mol. The Balaban J connectivity index is 1.67. The fourth-order valence-corrected chi connectivity index (χ4v) is 4.38. The molecule has 0 aliphatic carbocycles. The highest BCUT2D eigenvalue weighted by molar-refractivity contribution is 9.10. The first-order chi connectivity index (χ1) is 13.2. The van der Waals surface area contributed by atoms with E-state index in [9.17, 15) is 0 Å². The van der Waals surface area contributed by atoms with Gasteiger partial charge in [-0.2, -0.15) is 0 Å². The smallest absolute Gasteiger partial charge is 0.204 e. The minimum Gasteiger partial charge on any atom is -0.349 e. The van der Waals surface area contributed by atoms with Crippen molar-refractivity contribution in [3.8, 4) is 0 Å². The number of rotatable bonds is 2. The molecule has 0 fully saturated rings. The van der Waals surface area contributed by atoms with Crippen molar-refractivity contribution in [2.45, 2.75) is 18.5 Å². The standard InChI is InChI=1S/C22H17BrClN3/c23-16-10-8-14(9-11-16)19-13-21(15-4-3-5-17(24)12-15)27-20-7-2-1-6-18(20)25-22(27)26-19/h1-12,19,21H,13H2,(H,25,26)/t19-,21-/m0/s1. The third-order valence-corrected chi connectivity index (χ3v) is 5.94. The number of hydrogen-bond acceptors (Lipinski definition) is 2. The average Bonchev–Trinajstić information content (AvgIpc) is 3.06. The van der Waals surface area contributed by atoms with E-state index >= 15 is 0 Å². The Morgan fingerprint density at radius 3 is 2.59 bits per heavy atom. The Bertz CT molecular complexity index is 1120. The van der Waals surface area contributed by atoms with E-state index in [0.29, 0.717) is 0 Å². The van der Waals surface area contributed by atoms with Crippen LogP contribution < -0.4 is 5.32 Å². The third kappa shape index (κ3) is 3.03. The van der Waals surface area contributed by atoms with Crippen molar-refractivity contribution >= 4 is 44.5 Å². The number of para-hydroxylation sites is 2. The van der Waals surface area contributed by atoms with Gasteiger partial charge in [-0.1, -0.05) is 63.9 Å². The molecule has 0 bridgehead atoms. The molecule has 0 spiro atoms. The molecule has 0 unspecified atom stereocenters. The first-order valence-electron chi connectivity index (χ1n) is 8.93. The highest BCUT2D eigenvalue weighted by Gasteiger charge is 2.31. The highest BCUT2D eigenvalue weighted by Crippen LogP contribution is 2.41. The molecule has 4 aromatic rings. The molecule has 5 rings (SSSR count). The predicted molar refractivity (Wildman–Crippen MR) is 114 cm³/mol. The maximum absolute atomic E-state index is 6.31. The number of anilines is 1. The van der Waals surface area contributed by atoms with Crippen LogP contribution in [0.2, 0.25) is 5.02 Å². The first-order valence-corrected chi connectivity index (χ1v) is 10.1. The molecule has 2 heterocycles. The van der Waals surface area contributed by atoms with Crippen molar-refractivity contribution in [2.75, 3.05) is 5.32 Å². The molecule has 1 aliphatic heterocycles. The number of benzene rings is 3. The van der Waals surface area contributed by atoms with Gasteiger partial charge in [0.2, 0.25) is 5.95 Å². The zero-order valence-corrected chi connectivity index (χ0v) is 16.8. The molecule has 5 heteroatoms. The number of fused-ring (bicyclic) bond motifs is 3. The van der Waals surface area contributed by atoms with E-state index in [1.54, 1.807) is 0 Å². The van der Waals surface area contributed by atoms with Crippen molar-refractivity contribution in [1.29, 1.82) is 0 Å². The van der Waals surface area contributed by atoms with Crippen molar-refractivity contribution in [1.82, 2.24) is 9.55 Å². The van der Waals surface area contributed by atoms with Crippen molar-refractivity contribution in [3.05, 3.63) is 93.4 Å². The normalized spacial score (nSPS) is 18.9. The maximum Gasteiger partial charge on any atom is 0.204 e. The van der Waals surface area contributed by atoms with Gasteiger partial charge in [-0.05, 0) is 53.9 Å². The summed E-state index contributed by atoms with van der Waals surface area (Å²) >= 11 is 9.83. The first kappa shape index (κ1) is 16.8. The van der Waals surface area contributed by atoms with Crippen LogP contribution in [0.4, 0.5) is 5.95 Å². The van der Waals surface area contributed by atoms with E-state index in [4.69, 9.17) is 16.6 Å². The Kier molecular flexibility index (Phi) is 4.18. The van der Waals surface area contributed by atoms with Gasteiger partial charge in [0.05, 0.1) is 23.1 Å². The van der Waals surface area contributed by atoms with Gasteiger partial charge in [-0.25, -0.2) is 4.98 Å². The number of imidazole rings is 1. The van der Waals surface area contributed by atoms with Gasteiger partial charge in [-0.15, -0.1) is 0 Å². The third-order valence-electron chi connectivity index (χ3n) is 5.18. The van der Waals surface area contributed by atoms with Gasteiger partial charge in [0.15, 0.2) is 0 Å². The zero-order chi connectivity index (χ0) is 18.4. The van der Waals surface area contributed by atoms with Gasteiger partial charge in [0, 0.05) is 9.50 Å². The Morgan fingerprint density at radius 2 is 1.78 bits per heavy atom. The van der Waals surface area contributed by atoms with Gasteiger partial charge in [-0.3, -0.25) is 0 Å². The summed E-state index contributed by atoms with van der Waals surface area (Å²) in [5.41, 5.74) is 4.60. The lowest BCUT2D eigenvalue weighted by molar-refractivity contribution is 0.477. The number of nitrogens with one attached hydrogen (secondary N) is 1. The number of hydrogen-bond donors (Lipinski definition) is 1. The second-order valence-electron chi connectivity index (χ2n) is 6.85. The van der Waals surface area contributed by atoms with Gasteiger partial charge in [0.25, 0.3) is 0 Å². The lowest BCUT2D eigenvalue weighted by Crippen LogP contribution is -2.27. The van der Waals surface area contributed by atoms with Crippen LogP contribution in [-0.4, -0.2) is 9.55 Å². The summed E-state index contributed by atoms with van der Waals surface area (Å²) < 4.78 is 3.39. The summed E-state index contributed by atoms with van der Waals surface area (Å²) in [6.45, 7) is 0. The van der Waals surface area contributed by atoms with E-state index in [1.807, 2.05) is 18.2 Å². The molecule has 0 saturated heterocycles. The molecule has 1 aliphatic rings. The Morgan fingerprint density at radius 1 is 0.963 bits per heavy atom. The quantitative estimate of drug-likeness (QED) is 0.382. The molecule has 0 amide bonds. The summed E-state index contributed by atoms with van der Waals surface area (Å²) in [7, 11) is 0. The molecule has 134 valence electrons. The SMILES string of the molecule is Clc1cccc([C@@H]2C[C@@H](c3ccc(Br)cc3)Nc3nc4ccccc4n32)c1. The second kappa shape index (κ2) is 6.70. The van der Waals surface area contributed by atoms with Crippen LogP contribution in [0.5, 0.6) is 0 Å². The molecular weight excluding hydrogens is 422 g/mol. The van der Waals surface area contributed by atoms with Crippen LogP contribution in [0.25, 0.3) is 11.0 Å². The van der Waals surface area contributed by atoms with Crippen LogP contribution in [0.15, 0.2) is 77.3 Å². The van der Waals surface area contributed by atoms with Crippen LogP contribution in [-0.2, 0) is 0 Å². The lowest BCUT2D eigenvalue weighted by Gasteiger charge is -2.33. The van der Waals surface area contributed by atoms with Crippen LogP contribution >= 0.6 is 27.5 Å². The molecule has 3 nitrogen and oxygen atoms in total. The number of halogens is 2. The topological polar surface area (TPSA) is 29.9 Å². The fourth-order valence-electron chi connectivity index (χ4n) is 3.92. The van der Waals surface area contributed by atoms with Gasteiger partial charge < -0.3 is 9.88 Å². The van der Waals surface area contributed by atoms with Crippen molar-refractivity contribution < 1.29 is 0 Å². The largest absolute Gasteiger partial charge is 0.349 e. The zero-order valence-electron chi connectivity index (χ0n) is 14.4. The van der Waals surface area contributed by atoms with Gasteiger partial charge >= 0.3 is 0 Å². The van der Waals surface area contributed by atoms with E-state index in [1.165, 1.54) is 11.1 Å². The molecule has 0 radical (unpaired) electrons. The molecule has 1 N–H and O–H groups in total. The minimum atomic E-state index is 0.168. The van der Waals surface area contributed by atoms with Crippen LogP contribution in [0, 0.1) is 0 Å². The summed E-state index contributed by atoms with van der Waals surface area (Å²) in [5, 5.41) is 4.40. The van der Waals surface area contributed by atoms with Crippen LogP contribution in [0.1, 0.15) is 29.6 Å². The van der Waals surface area contributed by atoms with Crippen molar-refractivity contribution in [3.63, 3.8) is 0 Å². The maximum atomic E-state index is 6.31.